The van der Waals surface area contributed by atoms with Crippen molar-refractivity contribution in [2.45, 2.75) is 44.8 Å². The van der Waals surface area contributed by atoms with Crippen molar-refractivity contribution in [3.05, 3.63) is 23.8 Å². The summed E-state index contributed by atoms with van der Waals surface area (Å²) >= 11 is 0. The molecule has 1 N–H and O–H groups in total. The van der Waals surface area contributed by atoms with E-state index in [1.54, 1.807) is 0 Å². The van der Waals surface area contributed by atoms with Crippen molar-refractivity contribution in [2.75, 3.05) is 0 Å². The monoisotopic (exact) mass is 248 g/mol. The number of hydrogen-bond acceptors (Lipinski definition) is 3. The SMILES string of the molecule is C=C1C(=O)O[C@H]2C1CC[C@@](C)(O)C1CC=C(C)[C@H]12. The van der Waals surface area contributed by atoms with Gasteiger partial charge in [0.15, 0.2) is 0 Å². The molecule has 1 saturated heterocycles. The lowest BCUT2D eigenvalue weighted by Gasteiger charge is -2.34. The number of fused-ring (bicyclic) bond motifs is 3. The highest BCUT2D eigenvalue weighted by atomic mass is 16.6. The Hall–Kier alpha value is -1.09. The van der Waals surface area contributed by atoms with Crippen LogP contribution in [0.1, 0.15) is 33.1 Å². The van der Waals surface area contributed by atoms with Crippen LogP contribution in [0.5, 0.6) is 0 Å². The highest BCUT2D eigenvalue weighted by Crippen LogP contribution is 2.51. The molecule has 2 fully saturated rings. The number of rotatable bonds is 0. The fraction of sp³-hybridized carbons (Fsp3) is 0.667. The molecular weight excluding hydrogens is 228 g/mol. The summed E-state index contributed by atoms with van der Waals surface area (Å²) in [5, 5.41) is 10.6. The van der Waals surface area contributed by atoms with Crippen molar-refractivity contribution in [1.82, 2.24) is 0 Å². The molecule has 2 unspecified atom stereocenters. The maximum absolute atomic E-state index is 11.7. The summed E-state index contributed by atoms with van der Waals surface area (Å²) in [6, 6.07) is 0. The van der Waals surface area contributed by atoms with Crippen molar-refractivity contribution in [2.24, 2.45) is 17.8 Å². The molecule has 2 aliphatic carbocycles. The van der Waals surface area contributed by atoms with Crippen LogP contribution in [0, 0.1) is 17.8 Å². The molecule has 3 nitrogen and oxygen atoms in total. The number of ether oxygens (including phenoxy) is 1. The Balaban J connectivity index is 2.01. The largest absolute Gasteiger partial charge is 0.458 e. The van der Waals surface area contributed by atoms with Crippen LogP contribution in [0.2, 0.25) is 0 Å². The van der Waals surface area contributed by atoms with Gasteiger partial charge in [-0.1, -0.05) is 18.2 Å². The van der Waals surface area contributed by atoms with Crippen molar-refractivity contribution < 1.29 is 14.6 Å². The first-order valence-corrected chi connectivity index (χ1v) is 6.70. The lowest BCUT2D eigenvalue weighted by Crippen LogP contribution is -2.39. The van der Waals surface area contributed by atoms with Crippen LogP contribution in [0.25, 0.3) is 0 Å². The summed E-state index contributed by atoms with van der Waals surface area (Å²) in [5.74, 6) is 0.173. The average molecular weight is 248 g/mol. The summed E-state index contributed by atoms with van der Waals surface area (Å²) in [5.41, 5.74) is 1.17. The first kappa shape index (κ1) is 12.0. The van der Waals surface area contributed by atoms with Gasteiger partial charge in [0.25, 0.3) is 0 Å². The van der Waals surface area contributed by atoms with Crippen molar-refractivity contribution in [3.63, 3.8) is 0 Å². The molecule has 1 saturated carbocycles. The zero-order valence-corrected chi connectivity index (χ0v) is 11.0. The molecule has 3 heteroatoms. The van der Waals surface area contributed by atoms with E-state index in [1.807, 2.05) is 6.92 Å². The van der Waals surface area contributed by atoms with Gasteiger partial charge in [0.1, 0.15) is 6.10 Å². The van der Waals surface area contributed by atoms with Crippen LogP contribution in [-0.4, -0.2) is 22.8 Å². The maximum Gasteiger partial charge on any atom is 0.334 e. The van der Waals surface area contributed by atoms with E-state index in [0.29, 0.717) is 12.0 Å². The predicted octanol–water partition coefficient (Wildman–Crippen LogP) is 2.21. The molecule has 0 amide bonds. The lowest BCUT2D eigenvalue weighted by atomic mass is 9.76. The minimum Gasteiger partial charge on any atom is -0.458 e. The molecule has 5 atom stereocenters. The van der Waals surface area contributed by atoms with Crippen LogP contribution < -0.4 is 0 Å². The number of carbonyl (C=O) groups excluding carboxylic acids is 1. The Morgan fingerprint density at radius 2 is 2.28 bits per heavy atom. The van der Waals surface area contributed by atoms with Gasteiger partial charge in [-0.2, -0.15) is 0 Å². The molecule has 3 aliphatic rings. The van der Waals surface area contributed by atoms with Crippen molar-refractivity contribution >= 4 is 5.97 Å². The molecular formula is C15H20O3. The third-order valence-electron chi connectivity index (χ3n) is 5.12. The van der Waals surface area contributed by atoms with Gasteiger partial charge in [-0.15, -0.1) is 0 Å². The van der Waals surface area contributed by atoms with Crippen LogP contribution in [-0.2, 0) is 9.53 Å². The molecule has 1 heterocycles. The fourth-order valence-electron chi connectivity index (χ4n) is 3.97. The Bertz CT molecular complexity index is 447. The van der Waals surface area contributed by atoms with E-state index in [-0.39, 0.29) is 29.8 Å². The van der Waals surface area contributed by atoms with Crippen molar-refractivity contribution in [3.8, 4) is 0 Å². The Morgan fingerprint density at radius 3 is 3.00 bits per heavy atom. The van der Waals surface area contributed by atoms with E-state index in [4.69, 9.17) is 4.74 Å². The molecule has 0 radical (unpaired) electrons. The maximum atomic E-state index is 11.7. The number of hydrogen-bond donors (Lipinski definition) is 1. The smallest absolute Gasteiger partial charge is 0.334 e. The zero-order valence-electron chi connectivity index (χ0n) is 11.0. The Labute approximate surface area is 108 Å². The third kappa shape index (κ3) is 1.50. The van der Waals surface area contributed by atoms with Crippen molar-refractivity contribution in [1.29, 1.82) is 0 Å². The molecule has 98 valence electrons. The molecule has 1 aliphatic heterocycles. The minimum absolute atomic E-state index is 0.0837. The highest BCUT2D eigenvalue weighted by molar-refractivity contribution is 5.90. The predicted molar refractivity (Wildman–Crippen MR) is 67.7 cm³/mol. The molecule has 3 rings (SSSR count). The number of allylic oxidation sites excluding steroid dienone is 1. The van der Waals surface area contributed by atoms with E-state index in [1.165, 1.54) is 5.57 Å². The molecule has 0 aromatic carbocycles. The van der Waals surface area contributed by atoms with Gasteiger partial charge in [0.2, 0.25) is 0 Å². The number of carbonyl (C=O) groups is 1. The summed E-state index contributed by atoms with van der Waals surface area (Å²) in [6.45, 7) is 7.87. The first-order chi connectivity index (χ1) is 8.42. The van der Waals surface area contributed by atoms with E-state index >= 15 is 0 Å². The van der Waals surface area contributed by atoms with Crippen LogP contribution >= 0.6 is 0 Å². The minimum atomic E-state index is -0.671. The number of esters is 1. The topological polar surface area (TPSA) is 46.5 Å². The second kappa shape index (κ2) is 3.70. The van der Waals surface area contributed by atoms with E-state index in [9.17, 15) is 9.90 Å². The third-order valence-corrected chi connectivity index (χ3v) is 5.12. The van der Waals surface area contributed by atoms with Gasteiger partial charge in [-0.3, -0.25) is 0 Å². The normalized spacial score (nSPS) is 47.2. The van der Waals surface area contributed by atoms with E-state index in [2.05, 4.69) is 19.6 Å². The van der Waals surface area contributed by atoms with Crippen LogP contribution in [0.3, 0.4) is 0 Å². The van der Waals surface area contributed by atoms with Crippen LogP contribution in [0.15, 0.2) is 23.8 Å². The highest BCUT2D eigenvalue weighted by Gasteiger charge is 2.54. The molecule has 0 aromatic rings. The summed E-state index contributed by atoms with van der Waals surface area (Å²) in [7, 11) is 0. The van der Waals surface area contributed by atoms with Crippen LogP contribution in [0.4, 0.5) is 0 Å². The van der Waals surface area contributed by atoms with Gasteiger partial charge >= 0.3 is 5.97 Å². The molecule has 18 heavy (non-hydrogen) atoms. The molecule has 0 bridgehead atoms. The summed E-state index contributed by atoms with van der Waals surface area (Å²) < 4.78 is 5.54. The lowest BCUT2D eigenvalue weighted by molar-refractivity contribution is -0.142. The summed E-state index contributed by atoms with van der Waals surface area (Å²) in [4.78, 5) is 11.7. The Morgan fingerprint density at radius 1 is 1.56 bits per heavy atom. The average Bonchev–Trinajstić information content (AvgIpc) is 2.76. The fourth-order valence-corrected chi connectivity index (χ4v) is 3.97. The van der Waals surface area contributed by atoms with Gasteiger partial charge in [-0.25, -0.2) is 4.79 Å². The van der Waals surface area contributed by atoms with Gasteiger partial charge in [0.05, 0.1) is 5.60 Å². The number of aliphatic hydroxyl groups is 1. The second-order valence-corrected chi connectivity index (χ2v) is 6.21. The summed E-state index contributed by atoms with van der Waals surface area (Å²) in [6.07, 6.45) is 4.47. The van der Waals surface area contributed by atoms with E-state index < -0.39 is 5.60 Å². The quantitative estimate of drug-likeness (QED) is 0.406. The standard InChI is InChI=1S/C15H20O3/c1-8-4-5-11-12(8)13-10(6-7-15(11,3)17)9(2)14(16)18-13/h4,10-13,17H,2,5-7H2,1,3H3/t10?,11?,12-,13+,15-/m1/s1. The van der Waals surface area contributed by atoms with Gasteiger partial charge in [-0.05, 0) is 33.1 Å². The molecule has 0 aromatic heterocycles. The second-order valence-electron chi connectivity index (χ2n) is 6.21. The van der Waals surface area contributed by atoms with Gasteiger partial charge in [0, 0.05) is 23.3 Å². The van der Waals surface area contributed by atoms with Gasteiger partial charge < -0.3 is 9.84 Å². The molecule has 0 spiro atoms. The zero-order chi connectivity index (χ0) is 13.1. The Kier molecular flexibility index (Phi) is 2.46. The van der Waals surface area contributed by atoms with E-state index in [0.717, 1.165) is 12.8 Å². The first-order valence-electron chi connectivity index (χ1n) is 6.70.